The molecule has 15 heavy (non-hydrogen) atoms. The number of hydrogen-bond donors (Lipinski definition) is 1. The average Bonchev–Trinajstić information content (AvgIpc) is 2.62. The van der Waals surface area contributed by atoms with Gasteiger partial charge in [0.15, 0.2) is 0 Å². The Hall–Kier alpha value is -1.03. The SMILES string of the molecule is CC(C)c1cc(O)n(C2CCOCC2)n1. The number of hydrogen-bond acceptors (Lipinski definition) is 3. The maximum absolute atomic E-state index is 9.79. The minimum Gasteiger partial charge on any atom is -0.493 e. The highest BCUT2D eigenvalue weighted by Gasteiger charge is 2.20. The minimum atomic E-state index is 0.283. The van der Waals surface area contributed by atoms with Gasteiger partial charge in [-0.25, -0.2) is 4.68 Å². The normalized spacial score (nSPS) is 18.6. The van der Waals surface area contributed by atoms with Gasteiger partial charge in [0.1, 0.15) is 0 Å². The van der Waals surface area contributed by atoms with Gasteiger partial charge in [-0.3, -0.25) is 0 Å². The van der Waals surface area contributed by atoms with Crippen LogP contribution in [0.2, 0.25) is 0 Å². The highest BCUT2D eigenvalue weighted by molar-refractivity contribution is 5.17. The fourth-order valence-electron chi connectivity index (χ4n) is 1.88. The summed E-state index contributed by atoms with van der Waals surface area (Å²) in [6, 6.07) is 2.06. The van der Waals surface area contributed by atoms with Crippen LogP contribution in [0.5, 0.6) is 5.88 Å². The van der Waals surface area contributed by atoms with E-state index >= 15 is 0 Å². The van der Waals surface area contributed by atoms with E-state index in [2.05, 4.69) is 18.9 Å². The molecule has 1 N–H and O–H groups in total. The van der Waals surface area contributed by atoms with Crippen LogP contribution in [-0.2, 0) is 4.74 Å². The van der Waals surface area contributed by atoms with Crippen molar-refractivity contribution in [3.8, 4) is 5.88 Å². The molecule has 1 aliphatic rings. The van der Waals surface area contributed by atoms with Crippen LogP contribution in [-0.4, -0.2) is 28.1 Å². The predicted octanol–water partition coefficient (Wildman–Crippen LogP) is 2.06. The first-order valence-corrected chi connectivity index (χ1v) is 5.54. The van der Waals surface area contributed by atoms with E-state index in [9.17, 15) is 5.11 Å². The molecular weight excluding hydrogens is 192 g/mol. The Balaban J connectivity index is 2.19. The molecule has 1 saturated heterocycles. The van der Waals surface area contributed by atoms with Crippen LogP contribution in [0.25, 0.3) is 0 Å². The second-order valence-corrected chi connectivity index (χ2v) is 4.37. The zero-order chi connectivity index (χ0) is 10.8. The standard InChI is InChI=1S/C11H18N2O2/c1-8(2)10-7-11(14)13(12-10)9-3-5-15-6-4-9/h7-9,14H,3-6H2,1-2H3. The van der Waals surface area contributed by atoms with Crippen LogP contribution < -0.4 is 0 Å². The van der Waals surface area contributed by atoms with Crippen LogP contribution in [0.1, 0.15) is 44.3 Å². The smallest absolute Gasteiger partial charge is 0.209 e. The Bertz CT molecular complexity index is 327. The maximum Gasteiger partial charge on any atom is 0.209 e. The molecule has 2 heterocycles. The van der Waals surface area contributed by atoms with Crippen molar-refractivity contribution in [2.45, 2.75) is 38.6 Å². The van der Waals surface area contributed by atoms with Crippen molar-refractivity contribution in [2.24, 2.45) is 0 Å². The fraction of sp³-hybridized carbons (Fsp3) is 0.727. The van der Waals surface area contributed by atoms with Crippen molar-refractivity contribution in [3.05, 3.63) is 11.8 Å². The van der Waals surface area contributed by atoms with Crippen LogP contribution in [0.3, 0.4) is 0 Å². The van der Waals surface area contributed by atoms with E-state index in [1.54, 1.807) is 10.7 Å². The van der Waals surface area contributed by atoms with E-state index in [1.807, 2.05) is 0 Å². The van der Waals surface area contributed by atoms with E-state index < -0.39 is 0 Å². The zero-order valence-corrected chi connectivity index (χ0v) is 9.31. The summed E-state index contributed by atoms with van der Waals surface area (Å²) in [5.41, 5.74) is 0.957. The van der Waals surface area contributed by atoms with E-state index in [0.29, 0.717) is 12.0 Å². The Morgan fingerprint density at radius 2 is 2.13 bits per heavy atom. The Morgan fingerprint density at radius 1 is 1.47 bits per heavy atom. The summed E-state index contributed by atoms with van der Waals surface area (Å²) in [6.45, 7) is 5.69. The maximum atomic E-state index is 9.79. The summed E-state index contributed by atoms with van der Waals surface area (Å²) in [5.74, 6) is 0.641. The molecule has 0 radical (unpaired) electrons. The molecule has 0 aromatic carbocycles. The van der Waals surface area contributed by atoms with E-state index in [4.69, 9.17) is 4.74 Å². The summed E-state index contributed by atoms with van der Waals surface area (Å²) < 4.78 is 7.04. The first-order valence-electron chi connectivity index (χ1n) is 5.54. The van der Waals surface area contributed by atoms with Gasteiger partial charge in [-0.05, 0) is 18.8 Å². The van der Waals surface area contributed by atoms with Gasteiger partial charge in [-0.1, -0.05) is 13.8 Å². The number of aromatic hydroxyl groups is 1. The average molecular weight is 210 g/mol. The summed E-state index contributed by atoms with van der Waals surface area (Å²) in [5, 5.41) is 14.2. The summed E-state index contributed by atoms with van der Waals surface area (Å²) in [4.78, 5) is 0. The lowest BCUT2D eigenvalue weighted by Gasteiger charge is -2.22. The summed E-state index contributed by atoms with van der Waals surface area (Å²) in [7, 11) is 0. The van der Waals surface area contributed by atoms with E-state index in [0.717, 1.165) is 31.7 Å². The van der Waals surface area contributed by atoms with Crippen molar-refractivity contribution in [1.82, 2.24) is 9.78 Å². The molecule has 84 valence electrons. The van der Waals surface area contributed by atoms with Gasteiger partial charge in [-0.15, -0.1) is 0 Å². The molecule has 0 spiro atoms. The number of aromatic nitrogens is 2. The monoisotopic (exact) mass is 210 g/mol. The predicted molar refractivity (Wildman–Crippen MR) is 57.1 cm³/mol. The fourth-order valence-corrected chi connectivity index (χ4v) is 1.88. The molecule has 1 aromatic rings. The van der Waals surface area contributed by atoms with Crippen molar-refractivity contribution < 1.29 is 9.84 Å². The lowest BCUT2D eigenvalue weighted by Crippen LogP contribution is -2.20. The minimum absolute atomic E-state index is 0.283. The van der Waals surface area contributed by atoms with Crippen LogP contribution in [0, 0.1) is 0 Å². The molecule has 1 aliphatic heterocycles. The van der Waals surface area contributed by atoms with Gasteiger partial charge < -0.3 is 9.84 Å². The third-order valence-corrected chi connectivity index (χ3v) is 2.86. The van der Waals surface area contributed by atoms with Crippen LogP contribution >= 0.6 is 0 Å². The van der Waals surface area contributed by atoms with Crippen LogP contribution in [0.15, 0.2) is 6.07 Å². The molecule has 2 rings (SSSR count). The second kappa shape index (κ2) is 4.23. The van der Waals surface area contributed by atoms with Gasteiger partial charge in [0.2, 0.25) is 5.88 Å². The van der Waals surface area contributed by atoms with E-state index in [-0.39, 0.29) is 5.88 Å². The van der Waals surface area contributed by atoms with Crippen molar-refractivity contribution in [2.75, 3.05) is 13.2 Å². The molecule has 0 unspecified atom stereocenters. The summed E-state index contributed by atoms with van der Waals surface area (Å²) in [6.07, 6.45) is 1.87. The largest absolute Gasteiger partial charge is 0.493 e. The first-order chi connectivity index (χ1) is 7.18. The van der Waals surface area contributed by atoms with Crippen molar-refractivity contribution in [3.63, 3.8) is 0 Å². The van der Waals surface area contributed by atoms with Gasteiger partial charge in [0.25, 0.3) is 0 Å². The highest BCUT2D eigenvalue weighted by Crippen LogP contribution is 2.27. The molecule has 4 nitrogen and oxygen atoms in total. The molecule has 1 aromatic heterocycles. The Kier molecular flexibility index (Phi) is 2.95. The van der Waals surface area contributed by atoms with Crippen molar-refractivity contribution >= 4 is 0 Å². The van der Waals surface area contributed by atoms with Gasteiger partial charge in [0, 0.05) is 19.3 Å². The van der Waals surface area contributed by atoms with Crippen molar-refractivity contribution in [1.29, 1.82) is 0 Å². The van der Waals surface area contributed by atoms with Crippen LogP contribution in [0.4, 0.5) is 0 Å². The lowest BCUT2D eigenvalue weighted by atomic mass is 10.1. The molecular formula is C11H18N2O2. The quantitative estimate of drug-likeness (QED) is 0.812. The van der Waals surface area contributed by atoms with Gasteiger partial charge in [-0.2, -0.15) is 5.10 Å². The Morgan fingerprint density at radius 3 is 2.67 bits per heavy atom. The highest BCUT2D eigenvalue weighted by atomic mass is 16.5. The molecule has 4 heteroatoms. The lowest BCUT2D eigenvalue weighted by molar-refractivity contribution is 0.0638. The third kappa shape index (κ3) is 2.15. The second-order valence-electron chi connectivity index (χ2n) is 4.37. The third-order valence-electron chi connectivity index (χ3n) is 2.86. The Labute approximate surface area is 89.9 Å². The number of ether oxygens (including phenoxy) is 1. The topological polar surface area (TPSA) is 47.3 Å². The molecule has 0 saturated carbocycles. The number of rotatable bonds is 2. The first kappa shape index (κ1) is 10.5. The summed E-state index contributed by atoms with van der Waals surface area (Å²) >= 11 is 0. The molecule has 0 atom stereocenters. The van der Waals surface area contributed by atoms with Gasteiger partial charge in [0.05, 0.1) is 11.7 Å². The van der Waals surface area contributed by atoms with E-state index in [1.165, 1.54) is 0 Å². The molecule has 1 fully saturated rings. The molecule has 0 amide bonds. The molecule has 0 aliphatic carbocycles. The molecule has 0 bridgehead atoms. The zero-order valence-electron chi connectivity index (χ0n) is 9.31. The number of nitrogens with zero attached hydrogens (tertiary/aromatic N) is 2. The van der Waals surface area contributed by atoms with Gasteiger partial charge >= 0.3 is 0 Å².